The summed E-state index contributed by atoms with van der Waals surface area (Å²) in [5.74, 6) is -1.01. The molecule has 3 rings (SSSR count). The predicted octanol–water partition coefficient (Wildman–Crippen LogP) is 1.97. The van der Waals surface area contributed by atoms with Crippen LogP contribution in [0.4, 0.5) is 9.18 Å². The van der Waals surface area contributed by atoms with Crippen molar-refractivity contribution in [2.75, 3.05) is 0 Å². The van der Waals surface area contributed by atoms with Crippen LogP contribution in [0.25, 0.3) is 0 Å². The number of hydrogen-bond acceptors (Lipinski definition) is 5. The Kier molecular flexibility index (Phi) is 5.46. The number of benzene rings is 2. The van der Waals surface area contributed by atoms with E-state index in [0.29, 0.717) is 16.3 Å². The zero-order valence-electron chi connectivity index (χ0n) is 15.4. The molecule has 0 aliphatic carbocycles. The highest BCUT2D eigenvalue weighted by Crippen LogP contribution is 2.13. The fourth-order valence-corrected chi connectivity index (χ4v) is 3.88. The predicted molar refractivity (Wildman–Crippen MR) is 101 cm³/mol. The second-order valence-corrected chi connectivity index (χ2v) is 7.87. The largest absolute Gasteiger partial charge is 0.441 e. The van der Waals surface area contributed by atoms with Crippen LogP contribution >= 0.6 is 0 Å². The van der Waals surface area contributed by atoms with Gasteiger partial charge in [0, 0.05) is 7.05 Å². The van der Waals surface area contributed by atoms with E-state index in [1.165, 1.54) is 30.3 Å². The normalized spacial score (nSPS) is 12.0. The summed E-state index contributed by atoms with van der Waals surface area (Å²) in [6.07, 6.45) is -0.682. The van der Waals surface area contributed by atoms with E-state index in [1.54, 1.807) is 31.2 Å². The van der Waals surface area contributed by atoms with Crippen molar-refractivity contribution in [1.29, 1.82) is 0 Å². The van der Waals surface area contributed by atoms with Gasteiger partial charge in [-0.15, -0.1) is 0 Å². The smallest absolute Gasteiger partial charge is 0.409 e. The highest BCUT2D eigenvalue weighted by atomic mass is 32.2. The molecule has 0 aliphatic heterocycles. The fourth-order valence-electron chi connectivity index (χ4n) is 2.50. The third-order valence-electron chi connectivity index (χ3n) is 3.93. The zero-order chi connectivity index (χ0) is 21.2. The van der Waals surface area contributed by atoms with E-state index in [1.807, 2.05) is 0 Å². The van der Waals surface area contributed by atoms with Crippen LogP contribution in [0.5, 0.6) is 5.75 Å². The molecule has 8 nitrogen and oxygen atoms in total. The molecular weight excluding hydrogens is 401 g/mol. The van der Waals surface area contributed by atoms with Gasteiger partial charge >= 0.3 is 11.8 Å². The molecule has 0 saturated heterocycles. The first-order valence-electron chi connectivity index (χ1n) is 8.32. The SMILES string of the molecule is Cc1cccc(S(=O)(=O)n2cc(F)/c(=N\C(=O)Oc3ccccc3)n(C)c2=O)c1. The number of para-hydroxylation sites is 1. The van der Waals surface area contributed by atoms with Crippen LogP contribution in [0.3, 0.4) is 0 Å². The Morgan fingerprint density at radius 2 is 1.79 bits per heavy atom. The monoisotopic (exact) mass is 417 g/mol. The number of aromatic nitrogens is 2. The van der Waals surface area contributed by atoms with Gasteiger partial charge < -0.3 is 4.74 Å². The Morgan fingerprint density at radius 1 is 1.10 bits per heavy atom. The van der Waals surface area contributed by atoms with E-state index in [-0.39, 0.29) is 14.6 Å². The molecule has 1 aromatic heterocycles. The summed E-state index contributed by atoms with van der Waals surface area (Å²) in [5, 5.41) is 0. The van der Waals surface area contributed by atoms with Crippen molar-refractivity contribution in [2.24, 2.45) is 12.0 Å². The lowest BCUT2D eigenvalue weighted by Crippen LogP contribution is -2.43. The van der Waals surface area contributed by atoms with Crippen LogP contribution < -0.4 is 15.9 Å². The summed E-state index contributed by atoms with van der Waals surface area (Å²) >= 11 is 0. The molecular formula is C19H16FN3O5S. The summed E-state index contributed by atoms with van der Waals surface area (Å²) in [6, 6.07) is 13.8. The maximum atomic E-state index is 14.6. The number of aryl methyl sites for hydroxylation is 1. The lowest BCUT2D eigenvalue weighted by Gasteiger charge is -2.10. The molecule has 0 bridgehead atoms. The molecule has 1 heterocycles. The van der Waals surface area contributed by atoms with E-state index in [9.17, 15) is 22.4 Å². The number of ether oxygens (including phenoxy) is 1. The molecule has 0 radical (unpaired) electrons. The molecule has 3 aromatic rings. The number of carbonyl (C=O) groups is 1. The summed E-state index contributed by atoms with van der Waals surface area (Å²) in [5.41, 5.74) is -1.11. The molecule has 0 fully saturated rings. The summed E-state index contributed by atoms with van der Waals surface area (Å²) < 4.78 is 45.9. The van der Waals surface area contributed by atoms with Gasteiger partial charge in [-0.05, 0) is 36.8 Å². The quantitative estimate of drug-likeness (QED) is 0.649. The van der Waals surface area contributed by atoms with Crippen LogP contribution in [-0.4, -0.2) is 23.1 Å². The van der Waals surface area contributed by atoms with Crippen molar-refractivity contribution in [3.8, 4) is 5.75 Å². The second kappa shape index (κ2) is 7.84. The molecule has 0 N–H and O–H groups in total. The highest BCUT2D eigenvalue weighted by molar-refractivity contribution is 7.90. The van der Waals surface area contributed by atoms with Crippen molar-refractivity contribution in [3.63, 3.8) is 0 Å². The van der Waals surface area contributed by atoms with Crippen LogP contribution in [0, 0.1) is 12.7 Å². The van der Waals surface area contributed by atoms with Crippen molar-refractivity contribution in [1.82, 2.24) is 8.54 Å². The van der Waals surface area contributed by atoms with Crippen molar-refractivity contribution < 1.29 is 22.3 Å². The minimum absolute atomic E-state index is 0.174. The van der Waals surface area contributed by atoms with Crippen LogP contribution in [-0.2, 0) is 17.1 Å². The average molecular weight is 417 g/mol. The second-order valence-electron chi connectivity index (χ2n) is 6.05. The Morgan fingerprint density at radius 3 is 2.45 bits per heavy atom. The molecule has 10 heteroatoms. The van der Waals surface area contributed by atoms with E-state index in [2.05, 4.69) is 4.99 Å². The highest BCUT2D eigenvalue weighted by Gasteiger charge is 2.22. The van der Waals surface area contributed by atoms with Gasteiger partial charge in [-0.3, -0.25) is 4.57 Å². The van der Waals surface area contributed by atoms with Gasteiger partial charge in [0.15, 0.2) is 11.3 Å². The topological polar surface area (TPSA) is 99.7 Å². The van der Waals surface area contributed by atoms with Crippen molar-refractivity contribution in [3.05, 3.63) is 88.1 Å². The van der Waals surface area contributed by atoms with E-state index in [0.717, 1.165) is 7.05 Å². The molecule has 1 amide bonds. The molecule has 2 aromatic carbocycles. The average Bonchev–Trinajstić information content (AvgIpc) is 2.68. The van der Waals surface area contributed by atoms with Gasteiger partial charge in [0.05, 0.1) is 11.1 Å². The van der Waals surface area contributed by atoms with Gasteiger partial charge in [0.1, 0.15) is 5.75 Å². The first kappa shape index (κ1) is 20.2. The number of hydrogen-bond donors (Lipinski definition) is 0. The van der Waals surface area contributed by atoms with E-state index < -0.39 is 33.1 Å². The Hall–Kier alpha value is -3.53. The van der Waals surface area contributed by atoms with Gasteiger partial charge in [-0.1, -0.05) is 30.3 Å². The van der Waals surface area contributed by atoms with Crippen molar-refractivity contribution in [2.45, 2.75) is 11.8 Å². The molecule has 0 saturated carbocycles. The molecule has 29 heavy (non-hydrogen) atoms. The number of nitrogens with zero attached hydrogens (tertiary/aromatic N) is 3. The number of carbonyl (C=O) groups excluding carboxylic acids is 1. The van der Waals surface area contributed by atoms with Gasteiger partial charge in [0.2, 0.25) is 0 Å². The number of rotatable bonds is 3. The Balaban J connectivity index is 2.07. The van der Waals surface area contributed by atoms with Gasteiger partial charge in [0.25, 0.3) is 10.0 Å². The minimum Gasteiger partial charge on any atom is -0.409 e. The number of amides is 1. The van der Waals surface area contributed by atoms with Gasteiger partial charge in [-0.25, -0.2) is 22.4 Å². The minimum atomic E-state index is -4.35. The molecule has 0 atom stereocenters. The molecule has 0 aliphatic rings. The Bertz CT molecular complexity index is 1310. The molecule has 150 valence electrons. The molecule has 0 spiro atoms. The van der Waals surface area contributed by atoms with Crippen LogP contribution in [0.15, 0.2) is 75.5 Å². The maximum Gasteiger partial charge on any atom is 0.441 e. The number of halogens is 1. The third kappa shape index (κ3) is 4.16. The Labute approximate surface area is 165 Å². The first-order chi connectivity index (χ1) is 13.7. The fraction of sp³-hybridized carbons (Fsp3) is 0.105. The van der Waals surface area contributed by atoms with E-state index >= 15 is 0 Å². The lowest BCUT2D eigenvalue weighted by atomic mass is 10.2. The van der Waals surface area contributed by atoms with E-state index in [4.69, 9.17) is 4.74 Å². The molecule has 0 unspecified atom stereocenters. The maximum absolute atomic E-state index is 14.6. The van der Waals surface area contributed by atoms with Crippen LogP contribution in [0.1, 0.15) is 5.56 Å². The first-order valence-corrected chi connectivity index (χ1v) is 9.76. The zero-order valence-corrected chi connectivity index (χ0v) is 16.3. The lowest BCUT2D eigenvalue weighted by molar-refractivity contribution is 0.209. The third-order valence-corrected chi connectivity index (χ3v) is 5.56. The van der Waals surface area contributed by atoms with Crippen molar-refractivity contribution >= 4 is 16.1 Å². The summed E-state index contributed by atoms with van der Waals surface area (Å²) in [4.78, 5) is 27.8. The summed E-state index contributed by atoms with van der Waals surface area (Å²) in [6.45, 7) is 1.68. The van der Waals surface area contributed by atoms with Crippen LogP contribution in [0.2, 0.25) is 0 Å². The van der Waals surface area contributed by atoms with Gasteiger partial charge in [-0.2, -0.15) is 8.96 Å². The summed E-state index contributed by atoms with van der Waals surface area (Å²) in [7, 11) is -3.25. The standard InChI is InChI=1S/C19H16FN3O5S/c1-13-7-6-10-15(11-13)29(26,27)23-12-16(20)17(22(2)19(23)25)21-18(24)28-14-8-4-3-5-9-14/h3-12H,1-2H3/b21-17+.